The maximum Gasteiger partial charge on any atom is 0.416 e. The zero-order chi connectivity index (χ0) is 24.1. The summed E-state index contributed by atoms with van der Waals surface area (Å²) in [7, 11) is 0. The zero-order valence-electron chi connectivity index (χ0n) is 18.0. The topological polar surface area (TPSA) is 80.5 Å². The van der Waals surface area contributed by atoms with E-state index in [-0.39, 0.29) is 30.2 Å². The summed E-state index contributed by atoms with van der Waals surface area (Å²) in [6, 6.07) is 10.1. The second-order valence-corrected chi connectivity index (χ2v) is 9.18. The van der Waals surface area contributed by atoms with Crippen molar-refractivity contribution in [3.8, 4) is 0 Å². The second kappa shape index (κ2) is 7.83. The van der Waals surface area contributed by atoms with Crippen LogP contribution in [-0.4, -0.2) is 16.6 Å². The van der Waals surface area contributed by atoms with Crippen LogP contribution < -0.4 is 4.90 Å². The quantitative estimate of drug-likeness (QED) is 0.432. The Labute approximate surface area is 187 Å². The lowest BCUT2D eigenvalue weighted by atomic mass is 9.69. The van der Waals surface area contributed by atoms with Crippen molar-refractivity contribution < 1.29 is 27.7 Å². The van der Waals surface area contributed by atoms with Gasteiger partial charge >= 0.3 is 6.18 Å². The van der Waals surface area contributed by atoms with Crippen LogP contribution in [0.4, 0.5) is 24.5 Å². The van der Waals surface area contributed by atoms with E-state index in [0.717, 1.165) is 12.1 Å². The molecule has 172 valence electrons. The number of ketones is 1. The Bertz CT molecular complexity index is 1170. The fourth-order valence-corrected chi connectivity index (χ4v) is 4.63. The smallest absolute Gasteiger partial charge is 0.294 e. The van der Waals surface area contributed by atoms with Crippen molar-refractivity contribution in [1.82, 2.24) is 0 Å². The number of allylic oxidation sites excluding steroid dienone is 2. The van der Waals surface area contributed by atoms with Gasteiger partial charge in [-0.1, -0.05) is 26.0 Å². The number of Topliss-reactive ketones (excluding diaryl/α,β-unsaturated/α-hetero) is 1. The summed E-state index contributed by atoms with van der Waals surface area (Å²) < 4.78 is 39.0. The number of halogens is 3. The average molecular weight is 458 g/mol. The molecule has 0 saturated heterocycles. The van der Waals surface area contributed by atoms with Crippen molar-refractivity contribution in [2.24, 2.45) is 5.41 Å². The first-order valence-corrected chi connectivity index (χ1v) is 10.4. The van der Waals surface area contributed by atoms with Gasteiger partial charge in [-0.25, -0.2) is 0 Å². The molecule has 1 aliphatic heterocycles. The number of carbonyl (C=O) groups excluding carboxylic acids is 2. The van der Waals surface area contributed by atoms with Crippen molar-refractivity contribution in [3.63, 3.8) is 0 Å². The second-order valence-electron chi connectivity index (χ2n) is 9.18. The van der Waals surface area contributed by atoms with Gasteiger partial charge in [-0.2, -0.15) is 13.2 Å². The minimum atomic E-state index is -4.48. The lowest BCUT2D eigenvalue weighted by Gasteiger charge is -2.43. The molecule has 4 rings (SSSR count). The Morgan fingerprint density at radius 2 is 1.61 bits per heavy atom. The van der Waals surface area contributed by atoms with Gasteiger partial charge in [-0.15, -0.1) is 0 Å². The molecule has 0 aromatic heterocycles. The van der Waals surface area contributed by atoms with Gasteiger partial charge in [0.05, 0.1) is 10.5 Å². The normalized spacial score (nSPS) is 20.6. The van der Waals surface area contributed by atoms with Gasteiger partial charge in [0.1, 0.15) is 0 Å². The van der Waals surface area contributed by atoms with Crippen molar-refractivity contribution >= 4 is 23.1 Å². The number of amides is 1. The zero-order valence-corrected chi connectivity index (χ0v) is 18.0. The minimum Gasteiger partial charge on any atom is -0.294 e. The maximum atomic E-state index is 13.3. The van der Waals surface area contributed by atoms with Crippen LogP contribution >= 0.6 is 0 Å². The fourth-order valence-electron chi connectivity index (χ4n) is 4.63. The highest BCUT2D eigenvalue weighted by Crippen LogP contribution is 2.48. The number of rotatable bonds is 3. The van der Waals surface area contributed by atoms with Gasteiger partial charge in [-0.3, -0.25) is 24.6 Å². The predicted octanol–water partition coefficient (Wildman–Crippen LogP) is 5.78. The first kappa shape index (κ1) is 22.7. The molecule has 6 nitrogen and oxygen atoms in total. The average Bonchev–Trinajstić information content (AvgIpc) is 2.71. The number of alkyl halides is 3. The molecule has 2 aromatic rings. The fraction of sp³-hybridized carbons (Fsp3) is 0.333. The lowest BCUT2D eigenvalue weighted by Crippen LogP contribution is -2.43. The molecule has 0 radical (unpaired) electrons. The van der Waals surface area contributed by atoms with Gasteiger partial charge in [0.25, 0.3) is 5.69 Å². The van der Waals surface area contributed by atoms with E-state index >= 15 is 0 Å². The molecule has 1 atom stereocenters. The summed E-state index contributed by atoms with van der Waals surface area (Å²) >= 11 is 0. The van der Waals surface area contributed by atoms with Crippen LogP contribution in [0.15, 0.2) is 59.8 Å². The Kier molecular flexibility index (Phi) is 5.38. The number of nitro groups is 1. The Morgan fingerprint density at radius 1 is 1.00 bits per heavy atom. The van der Waals surface area contributed by atoms with Crippen LogP contribution in [-0.2, 0) is 15.8 Å². The van der Waals surface area contributed by atoms with E-state index in [4.69, 9.17) is 0 Å². The number of anilines is 1. The van der Waals surface area contributed by atoms with E-state index in [1.165, 1.54) is 41.3 Å². The van der Waals surface area contributed by atoms with Crippen molar-refractivity contribution in [2.75, 3.05) is 4.90 Å². The largest absolute Gasteiger partial charge is 0.416 e. The maximum absolute atomic E-state index is 13.3. The van der Waals surface area contributed by atoms with Gasteiger partial charge in [-0.05, 0) is 41.7 Å². The van der Waals surface area contributed by atoms with Crippen LogP contribution in [0.1, 0.15) is 50.2 Å². The van der Waals surface area contributed by atoms with E-state index in [9.17, 15) is 32.9 Å². The molecule has 9 heteroatoms. The van der Waals surface area contributed by atoms with Gasteiger partial charge < -0.3 is 0 Å². The highest BCUT2D eigenvalue weighted by Gasteiger charge is 2.44. The third kappa shape index (κ3) is 4.27. The van der Waals surface area contributed by atoms with E-state index in [0.29, 0.717) is 28.9 Å². The molecule has 0 bridgehead atoms. The third-order valence-electron chi connectivity index (χ3n) is 6.10. The molecule has 1 unspecified atom stereocenters. The Balaban J connectivity index is 1.82. The predicted molar refractivity (Wildman–Crippen MR) is 114 cm³/mol. The number of nitrogens with zero attached hydrogens (tertiary/aromatic N) is 2. The van der Waals surface area contributed by atoms with Gasteiger partial charge in [0, 0.05) is 47.8 Å². The van der Waals surface area contributed by atoms with Crippen LogP contribution in [0.3, 0.4) is 0 Å². The molecule has 1 heterocycles. The lowest BCUT2D eigenvalue weighted by molar-refractivity contribution is -0.384. The number of hydrogen-bond acceptors (Lipinski definition) is 4. The van der Waals surface area contributed by atoms with E-state index in [2.05, 4.69) is 0 Å². The summed E-state index contributed by atoms with van der Waals surface area (Å²) in [5, 5.41) is 11.0. The number of hydrogen-bond donors (Lipinski definition) is 0. The molecule has 1 amide bonds. The van der Waals surface area contributed by atoms with Crippen LogP contribution in [0.5, 0.6) is 0 Å². The number of non-ortho nitro benzene ring substituents is 1. The summed E-state index contributed by atoms with van der Waals surface area (Å²) in [6.07, 6.45) is -3.91. The standard InChI is InChI=1S/C24H21F3N2O4/c1-23(2)12-19-22(20(30)13-23)18(14-3-5-15(6-4-14)24(25,26)27)11-21(31)28(19)16-7-9-17(10-8-16)29(32)33/h3-10,18H,11-13H2,1-2H3. The Hall–Kier alpha value is -3.49. The van der Waals surface area contributed by atoms with Crippen LogP contribution in [0, 0.1) is 15.5 Å². The van der Waals surface area contributed by atoms with Crippen molar-refractivity contribution in [2.45, 2.75) is 45.2 Å². The summed E-state index contributed by atoms with van der Waals surface area (Å²) in [4.78, 5) is 38.4. The summed E-state index contributed by atoms with van der Waals surface area (Å²) in [5.41, 5.74) is 0.469. The van der Waals surface area contributed by atoms with Crippen LogP contribution in [0.2, 0.25) is 0 Å². The van der Waals surface area contributed by atoms with E-state index < -0.39 is 28.0 Å². The highest BCUT2D eigenvalue weighted by molar-refractivity contribution is 6.07. The number of carbonyl (C=O) groups is 2. The van der Waals surface area contributed by atoms with Gasteiger partial charge in [0.15, 0.2) is 5.78 Å². The molecule has 0 saturated carbocycles. The number of benzene rings is 2. The molecular formula is C24H21F3N2O4. The minimum absolute atomic E-state index is 0.0899. The summed E-state index contributed by atoms with van der Waals surface area (Å²) in [5.74, 6) is -1.11. The van der Waals surface area contributed by atoms with E-state index in [1.807, 2.05) is 13.8 Å². The SMILES string of the molecule is CC1(C)CC(=O)C2=C(C1)N(c1ccc([N+](=O)[O-])cc1)C(=O)CC2c1ccc(C(F)(F)F)cc1. The van der Waals surface area contributed by atoms with Crippen molar-refractivity contribution in [3.05, 3.63) is 81.0 Å². The highest BCUT2D eigenvalue weighted by atomic mass is 19.4. The number of nitro benzene ring substituents is 1. The third-order valence-corrected chi connectivity index (χ3v) is 6.10. The summed E-state index contributed by atoms with van der Waals surface area (Å²) in [6.45, 7) is 3.82. The van der Waals surface area contributed by atoms with Crippen LogP contribution in [0.25, 0.3) is 0 Å². The molecule has 33 heavy (non-hydrogen) atoms. The molecule has 0 spiro atoms. The molecule has 1 aliphatic carbocycles. The van der Waals surface area contributed by atoms with Gasteiger partial charge in [0.2, 0.25) is 5.91 Å². The molecule has 2 aromatic carbocycles. The first-order chi connectivity index (χ1) is 15.4. The first-order valence-electron chi connectivity index (χ1n) is 10.4. The molecule has 0 fully saturated rings. The van der Waals surface area contributed by atoms with Crippen molar-refractivity contribution in [1.29, 1.82) is 0 Å². The Morgan fingerprint density at radius 3 is 2.15 bits per heavy atom. The van der Waals surface area contributed by atoms with E-state index in [1.54, 1.807) is 0 Å². The molecule has 2 aliphatic rings. The molecule has 0 N–H and O–H groups in total. The monoisotopic (exact) mass is 458 g/mol. The molecular weight excluding hydrogens is 437 g/mol.